The number of hydrogen-bond donors (Lipinski definition) is 2. The average Bonchev–Trinajstić information content (AvgIpc) is 2.70. The summed E-state index contributed by atoms with van der Waals surface area (Å²) in [6.45, 7) is 4.36. The molecule has 12 heavy (non-hydrogen) atoms. The van der Waals surface area contributed by atoms with Crippen LogP contribution in [0.5, 0.6) is 0 Å². The third-order valence-corrected chi connectivity index (χ3v) is 2.34. The maximum Gasteiger partial charge on any atom is 0.309 e. The van der Waals surface area contributed by atoms with E-state index in [9.17, 15) is 4.79 Å². The molecule has 70 valence electrons. The fourth-order valence-corrected chi connectivity index (χ4v) is 0.983. The van der Waals surface area contributed by atoms with E-state index in [2.05, 4.69) is 5.32 Å². The molecule has 0 atom stereocenters. The highest BCUT2D eigenvalue weighted by Gasteiger charge is 2.27. The number of carbonyl (C=O) groups is 1. The smallest absolute Gasteiger partial charge is 0.309 e. The predicted molar refractivity (Wildman–Crippen MR) is 47.1 cm³/mol. The van der Waals surface area contributed by atoms with Gasteiger partial charge in [-0.25, -0.2) is 0 Å². The van der Waals surface area contributed by atoms with Gasteiger partial charge in [0.1, 0.15) is 0 Å². The average molecular weight is 171 g/mol. The van der Waals surface area contributed by atoms with Crippen LogP contribution in [0.2, 0.25) is 0 Å². The Labute approximate surface area is 73.2 Å². The van der Waals surface area contributed by atoms with Crippen molar-refractivity contribution in [2.24, 2.45) is 5.41 Å². The molecule has 3 heteroatoms. The van der Waals surface area contributed by atoms with Crippen molar-refractivity contribution in [1.82, 2.24) is 5.32 Å². The molecule has 0 unspecified atom stereocenters. The van der Waals surface area contributed by atoms with E-state index < -0.39 is 11.4 Å². The Bertz CT molecular complexity index is 173. The minimum absolute atomic E-state index is 0.581. The molecule has 1 rings (SSSR count). The minimum atomic E-state index is -0.708. The maximum absolute atomic E-state index is 10.7. The molecule has 0 spiro atoms. The Morgan fingerprint density at radius 2 is 2.17 bits per heavy atom. The van der Waals surface area contributed by atoms with Crippen molar-refractivity contribution in [3.8, 4) is 0 Å². The Hall–Kier alpha value is -0.570. The number of aliphatic carboxylic acids is 1. The van der Waals surface area contributed by atoms with Gasteiger partial charge < -0.3 is 10.4 Å². The van der Waals surface area contributed by atoms with E-state index in [1.807, 2.05) is 0 Å². The summed E-state index contributed by atoms with van der Waals surface area (Å²) < 4.78 is 0. The van der Waals surface area contributed by atoms with Gasteiger partial charge in [0.15, 0.2) is 0 Å². The fraction of sp³-hybridized carbons (Fsp3) is 0.889. The van der Waals surface area contributed by atoms with Gasteiger partial charge in [0.2, 0.25) is 0 Å². The highest BCUT2D eigenvalue weighted by Crippen LogP contribution is 2.22. The summed E-state index contributed by atoms with van der Waals surface area (Å²) in [5.41, 5.74) is -0.581. The molecule has 1 aliphatic carbocycles. The second-order valence-electron chi connectivity index (χ2n) is 4.17. The van der Waals surface area contributed by atoms with Crippen LogP contribution in [0.1, 0.15) is 33.1 Å². The summed E-state index contributed by atoms with van der Waals surface area (Å²) in [4.78, 5) is 10.7. The van der Waals surface area contributed by atoms with Gasteiger partial charge in [-0.05, 0) is 39.7 Å². The Kier molecular flexibility index (Phi) is 2.73. The molecule has 0 aliphatic heterocycles. The zero-order valence-corrected chi connectivity index (χ0v) is 7.76. The molecule has 1 aliphatic rings. The molecule has 0 amide bonds. The van der Waals surface area contributed by atoms with Crippen molar-refractivity contribution in [2.45, 2.75) is 39.2 Å². The number of hydrogen-bond acceptors (Lipinski definition) is 2. The molecular formula is C9H17NO2. The van der Waals surface area contributed by atoms with Crippen LogP contribution in [0.15, 0.2) is 0 Å². The maximum atomic E-state index is 10.7. The number of carboxylic acids is 1. The molecule has 0 saturated heterocycles. The van der Waals surface area contributed by atoms with Crippen molar-refractivity contribution >= 4 is 5.97 Å². The second kappa shape index (κ2) is 3.44. The Balaban J connectivity index is 2.14. The van der Waals surface area contributed by atoms with Crippen molar-refractivity contribution in [3.05, 3.63) is 0 Å². The molecule has 0 aromatic heterocycles. The number of carboxylic acid groups (broad SMARTS) is 1. The van der Waals surface area contributed by atoms with Crippen LogP contribution in [-0.4, -0.2) is 23.7 Å². The third-order valence-electron chi connectivity index (χ3n) is 2.34. The third kappa shape index (κ3) is 2.81. The first-order chi connectivity index (χ1) is 5.52. The summed E-state index contributed by atoms with van der Waals surface area (Å²) in [7, 11) is 0. The van der Waals surface area contributed by atoms with Crippen molar-refractivity contribution in [2.75, 3.05) is 6.54 Å². The van der Waals surface area contributed by atoms with E-state index >= 15 is 0 Å². The van der Waals surface area contributed by atoms with Crippen LogP contribution in [0, 0.1) is 5.41 Å². The zero-order valence-electron chi connectivity index (χ0n) is 7.76. The Morgan fingerprint density at radius 1 is 1.58 bits per heavy atom. The lowest BCUT2D eigenvalue weighted by Gasteiger charge is -2.18. The topological polar surface area (TPSA) is 49.3 Å². The standard InChI is InChI=1S/C9H17NO2/c1-9(2,8(11)12)5-6-10-7-3-4-7/h7,10H,3-6H2,1-2H3,(H,11,12). The van der Waals surface area contributed by atoms with E-state index in [0.29, 0.717) is 12.5 Å². The summed E-state index contributed by atoms with van der Waals surface area (Å²) in [6.07, 6.45) is 3.22. The highest BCUT2D eigenvalue weighted by atomic mass is 16.4. The molecule has 0 aromatic carbocycles. The molecule has 0 heterocycles. The normalized spacial score (nSPS) is 17.8. The summed E-state index contributed by atoms with van der Waals surface area (Å²) in [5.74, 6) is -0.708. The van der Waals surface area contributed by atoms with E-state index in [0.717, 1.165) is 6.54 Å². The molecule has 2 N–H and O–H groups in total. The molecule has 0 radical (unpaired) electrons. The lowest BCUT2D eigenvalue weighted by Crippen LogP contribution is -2.29. The van der Waals surface area contributed by atoms with Crippen molar-refractivity contribution in [3.63, 3.8) is 0 Å². The largest absolute Gasteiger partial charge is 0.481 e. The van der Waals surface area contributed by atoms with Crippen LogP contribution >= 0.6 is 0 Å². The first-order valence-electron chi connectivity index (χ1n) is 4.49. The summed E-state index contributed by atoms with van der Waals surface area (Å²) in [5, 5.41) is 12.1. The SMILES string of the molecule is CC(C)(CCNC1CC1)C(=O)O. The number of nitrogens with one attached hydrogen (secondary N) is 1. The molecule has 1 fully saturated rings. The van der Waals surface area contributed by atoms with Crippen LogP contribution in [0.4, 0.5) is 0 Å². The first kappa shape index (κ1) is 9.52. The van der Waals surface area contributed by atoms with Crippen LogP contribution < -0.4 is 5.32 Å². The molecule has 0 bridgehead atoms. The van der Waals surface area contributed by atoms with Crippen LogP contribution in [-0.2, 0) is 4.79 Å². The van der Waals surface area contributed by atoms with Crippen molar-refractivity contribution in [1.29, 1.82) is 0 Å². The number of rotatable bonds is 5. The zero-order chi connectivity index (χ0) is 9.19. The summed E-state index contributed by atoms with van der Waals surface area (Å²) >= 11 is 0. The highest BCUT2D eigenvalue weighted by molar-refractivity contribution is 5.73. The van der Waals surface area contributed by atoms with Crippen molar-refractivity contribution < 1.29 is 9.90 Å². The lowest BCUT2D eigenvalue weighted by atomic mass is 9.90. The van der Waals surface area contributed by atoms with Gasteiger partial charge in [-0.1, -0.05) is 0 Å². The molecular weight excluding hydrogens is 154 g/mol. The van der Waals surface area contributed by atoms with E-state index in [1.165, 1.54) is 12.8 Å². The molecule has 1 saturated carbocycles. The van der Waals surface area contributed by atoms with E-state index in [1.54, 1.807) is 13.8 Å². The predicted octanol–water partition coefficient (Wildman–Crippen LogP) is 1.24. The molecule has 3 nitrogen and oxygen atoms in total. The van der Waals surface area contributed by atoms with Gasteiger partial charge in [-0.2, -0.15) is 0 Å². The van der Waals surface area contributed by atoms with Crippen LogP contribution in [0.25, 0.3) is 0 Å². The quantitative estimate of drug-likeness (QED) is 0.654. The van der Waals surface area contributed by atoms with Crippen LogP contribution in [0.3, 0.4) is 0 Å². The Morgan fingerprint density at radius 3 is 2.58 bits per heavy atom. The van der Waals surface area contributed by atoms with Gasteiger partial charge in [0, 0.05) is 6.04 Å². The second-order valence-corrected chi connectivity index (χ2v) is 4.17. The summed E-state index contributed by atoms with van der Waals surface area (Å²) in [6, 6.07) is 0.676. The lowest BCUT2D eigenvalue weighted by molar-refractivity contribution is -0.147. The van der Waals surface area contributed by atoms with Gasteiger partial charge in [-0.3, -0.25) is 4.79 Å². The minimum Gasteiger partial charge on any atom is -0.481 e. The van der Waals surface area contributed by atoms with Gasteiger partial charge >= 0.3 is 5.97 Å². The van der Waals surface area contributed by atoms with E-state index in [4.69, 9.17) is 5.11 Å². The van der Waals surface area contributed by atoms with E-state index in [-0.39, 0.29) is 0 Å². The molecule has 0 aromatic rings. The van der Waals surface area contributed by atoms with Gasteiger partial charge in [0.05, 0.1) is 5.41 Å². The fourth-order valence-electron chi connectivity index (χ4n) is 0.983. The van der Waals surface area contributed by atoms with Gasteiger partial charge in [0.25, 0.3) is 0 Å². The first-order valence-corrected chi connectivity index (χ1v) is 4.49. The van der Waals surface area contributed by atoms with Gasteiger partial charge in [-0.15, -0.1) is 0 Å². The monoisotopic (exact) mass is 171 g/mol.